The van der Waals surface area contributed by atoms with Gasteiger partial charge in [-0.15, -0.1) is 0 Å². The van der Waals surface area contributed by atoms with E-state index in [1.807, 2.05) is 48.5 Å². The Kier molecular flexibility index (Phi) is 3.47. The van der Waals surface area contributed by atoms with Crippen molar-refractivity contribution in [2.45, 2.75) is 6.42 Å². The third kappa shape index (κ3) is 2.97. The first-order valence-corrected chi connectivity index (χ1v) is 6.51. The summed E-state index contributed by atoms with van der Waals surface area (Å²) in [7, 11) is 0. The van der Waals surface area contributed by atoms with E-state index in [0.29, 0.717) is 0 Å². The summed E-state index contributed by atoms with van der Waals surface area (Å²) in [6.07, 6.45) is 1.72. The molecular weight excluding hydrogens is 266 g/mol. The van der Waals surface area contributed by atoms with Gasteiger partial charge in [-0.1, -0.05) is 24.3 Å². The summed E-state index contributed by atoms with van der Waals surface area (Å²) < 4.78 is 0. The molecule has 0 amide bonds. The SMILES string of the molecule is O=C(O)Cc1c[nH]c2cc(N=Nc3ccccc3)ccc12. The average Bonchev–Trinajstić information content (AvgIpc) is 2.88. The van der Waals surface area contributed by atoms with Crippen molar-refractivity contribution in [2.24, 2.45) is 10.2 Å². The quantitative estimate of drug-likeness (QED) is 0.702. The lowest BCUT2D eigenvalue weighted by Gasteiger charge is -1.96. The third-order valence-corrected chi connectivity index (χ3v) is 3.13. The zero-order chi connectivity index (χ0) is 14.7. The number of benzene rings is 2. The summed E-state index contributed by atoms with van der Waals surface area (Å²) in [5, 5.41) is 18.1. The molecule has 0 bridgehead atoms. The van der Waals surface area contributed by atoms with Gasteiger partial charge in [0.2, 0.25) is 0 Å². The third-order valence-electron chi connectivity index (χ3n) is 3.13. The largest absolute Gasteiger partial charge is 0.481 e. The van der Waals surface area contributed by atoms with Crippen LogP contribution >= 0.6 is 0 Å². The predicted molar refractivity (Wildman–Crippen MR) is 80.3 cm³/mol. The Morgan fingerprint density at radius 3 is 2.57 bits per heavy atom. The Morgan fingerprint density at radius 2 is 1.81 bits per heavy atom. The first-order chi connectivity index (χ1) is 10.2. The number of hydrogen-bond donors (Lipinski definition) is 2. The average molecular weight is 279 g/mol. The molecule has 1 aromatic heterocycles. The minimum Gasteiger partial charge on any atom is -0.481 e. The van der Waals surface area contributed by atoms with Gasteiger partial charge < -0.3 is 10.1 Å². The Labute approximate surface area is 121 Å². The number of aromatic amines is 1. The maximum Gasteiger partial charge on any atom is 0.307 e. The molecule has 0 aliphatic carbocycles. The van der Waals surface area contributed by atoms with E-state index < -0.39 is 5.97 Å². The summed E-state index contributed by atoms with van der Waals surface area (Å²) in [6.45, 7) is 0. The molecule has 0 fully saturated rings. The second-order valence-electron chi connectivity index (χ2n) is 4.65. The topological polar surface area (TPSA) is 77.8 Å². The smallest absolute Gasteiger partial charge is 0.307 e. The van der Waals surface area contributed by atoms with Crippen molar-refractivity contribution >= 4 is 28.2 Å². The van der Waals surface area contributed by atoms with Crippen LogP contribution in [0.4, 0.5) is 11.4 Å². The number of aromatic nitrogens is 1. The van der Waals surface area contributed by atoms with Gasteiger partial charge in [-0.25, -0.2) is 0 Å². The number of aliphatic carboxylic acids is 1. The standard InChI is InChI=1S/C16H13N3O2/c20-16(21)8-11-10-17-15-9-13(6-7-14(11)15)19-18-12-4-2-1-3-5-12/h1-7,9-10,17H,8H2,(H,20,21). The van der Waals surface area contributed by atoms with Crippen molar-refractivity contribution in [3.05, 3.63) is 60.3 Å². The van der Waals surface area contributed by atoms with Gasteiger partial charge in [-0.2, -0.15) is 10.2 Å². The fourth-order valence-electron chi connectivity index (χ4n) is 2.16. The fraction of sp³-hybridized carbons (Fsp3) is 0.0625. The van der Waals surface area contributed by atoms with Crippen LogP contribution in [-0.4, -0.2) is 16.1 Å². The van der Waals surface area contributed by atoms with Crippen LogP contribution in [0.25, 0.3) is 10.9 Å². The lowest BCUT2D eigenvalue weighted by atomic mass is 10.1. The molecule has 0 unspecified atom stereocenters. The van der Waals surface area contributed by atoms with Gasteiger partial charge in [-0.05, 0) is 29.8 Å². The van der Waals surface area contributed by atoms with Gasteiger partial charge in [0.05, 0.1) is 17.8 Å². The molecule has 3 aromatic rings. The Morgan fingerprint density at radius 1 is 1.05 bits per heavy atom. The van der Waals surface area contributed by atoms with E-state index in [1.54, 1.807) is 6.20 Å². The zero-order valence-electron chi connectivity index (χ0n) is 11.2. The number of fused-ring (bicyclic) bond motifs is 1. The normalized spacial score (nSPS) is 11.2. The van der Waals surface area contributed by atoms with Crippen molar-refractivity contribution in [3.8, 4) is 0 Å². The first kappa shape index (κ1) is 13.1. The molecule has 3 rings (SSSR count). The molecule has 0 atom stereocenters. The number of rotatable bonds is 4. The molecule has 0 aliphatic rings. The number of nitrogens with one attached hydrogen (secondary N) is 1. The number of carboxylic acid groups (broad SMARTS) is 1. The number of hydrogen-bond acceptors (Lipinski definition) is 3. The van der Waals surface area contributed by atoms with Crippen LogP contribution in [0.3, 0.4) is 0 Å². The molecule has 5 nitrogen and oxygen atoms in total. The van der Waals surface area contributed by atoms with Crippen LogP contribution in [0.15, 0.2) is 65.0 Å². The number of carboxylic acids is 1. The van der Waals surface area contributed by atoms with E-state index >= 15 is 0 Å². The Balaban J connectivity index is 1.88. The van der Waals surface area contributed by atoms with Crippen LogP contribution in [-0.2, 0) is 11.2 Å². The van der Waals surface area contributed by atoms with Crippen LogP contribution in [0.2, 0.25) is 0 Å². The van der Waals surface area contributed by atoms with E-state index in [-0.39, 0.29) is 6.42 Å². The van der Waals surface area contributed by atoms with Crippen molar-refractivity contribution < 1.29 is 9.90 Å². The van der Waals surface area contributed by atoms with Crippen LogP contribution in [0.1, 0.15) is 5.56 Å². The van der Waals surface area contributed by atoms with Gasteiger partial charge in [0.15, 0.2) is 0 Å². The minimum absolute atomic E-state index is 0.00484. The molecule has 0 radical (unpaired) electrons. The second-order valence-corrected chi connectivity index (χ2v) is 4.65. The maximum absolute atomic E-state index is 10.8. The van der Waals surface area contributed by atoms with Gasteiger partial charge in [-0.3, -0.25) is 4.79 Å². The number of nitrogens with zero attached hydrogens (tertiary/aromatic N) is 2. The molecule has 0 spiro atoms. The number of azo groups is 1. The molecule has 21 heavy (non-hydrogen) atoms. The summed E-state index contributed by atoms with van der Waals surface area (Å²) in [4.78, 5) is 13.9. The number of H-pyrrole nitrogens is 1. The fourth-order valence-corrected chi connectivity index (χ4v) is 2.16. The summed E-state index contributed by atoms with van der Waals surface area (Å²) in [5.41, 5.74) is 3.13. The molecule has 0 aliphatic heterocycles. The molecular formula is C16H13N3O2. The lowest BCUT2D eigenvalue weighted by Crippen LogP contribution is -1.98. The molecule has 2 aromatic carbocycles. The first-order valence-electron chi connectivity index (χ1n) is 6.51. The lowest BCUT2D eigenvalue weighted by molar-refractivity contribution is -0.136. The zero-order valence-corrected chi connectivity index (χ0v) is 11.2. The molecule has 104 valence electrons. The van der Waals surface area contributed by atoms with Gasteiger partial charge in [0.1, 0.15) is 0 Å². The number of carbonyl (C=O) groups is 1. The summed E-state index contributed by atoms with van der Waals surface area (Å²) >= 11 is 0. The van der Waals surface area contributed by atoms with E-state index in [1.165, 1.54) is 0 Å². The highest BCUT2D eigenvalue weighted by Crippen LogP contribution is 2.25. The highest BCUT2D eigenvalue weighted by atomic mass is 16.4. The molecule has 5 heteroatoms. The Hall–Kier alpha value is -2.95. The van der Waals surface area contributed by atoms with Crippen molar-refractivity contribution in [1.82, 2.24) is 4.98 Å². The van der Waals surface area contributed by atoms with E-state index in [0.717, 1.165) is 27.8 Å². The monoisotopic (exact) mass is 279 g/mol. The summed E-state index contributed by atoms with van der Waals surface area (Å²) in [5.74, 6) is -0.844. The highest BCUT2D eigenvalue weighted by molar-refractivity contribution is 5.88. The van der Waals surface area contributed by atoms with Gasteiger partial charge in [0, 0.05) is 17.1 Å². The molecule has 0 saturated heterocycles. The van der Waals surface area contributed by atoms with E-state index in [9.17, 15) is 4.79 Å². The molecule has 0 saturated carbocycles. The molecule has 2 N–H and O–H groups in total. The Bertz CT molecular complexity index is 807. The van der Waals surface area contributed by atoms with E-state index in [2.05, 4.69) is 15.2 Å². The minimum atomic E-state index is -0.844. The second kappa shape index (κ2) is 5.58. The van der Waals surface area contributed by atoms with Crippen molar-refractivity contribution in [3.63, 3.8) is 0 Å². The van der Waals surface area contributed by atoms with Gasteiger partial charge in [0.25, 0.3) is 0 Å². The van der Waals surface area contributed by atoms with Gasteiger partial charge >= 0.3 is 5.97 Å². The predicted octanol–water partition coefficient (Wildman–Crippen LogP) is 4.21. The maximum atomic E-state index is 10.8. The van der Waals surface area contributed by atoms with Crippen molar-refractivity contribution in [2.75, 3.05) is 0 Å². The summed E-state index contributed by atoms with van der Waals surface area (Å²) in [6, 6.07) is 15.0. The van der Waals surface area contributed by atoms with Crippen molar-refractivity contribution in [1.29, 1.82) is 0 Å². The van der Waals surface area contributed by atoms with Crippen LogP contribution < -0.4 is 0 Å². The highest BCUT2D eigenvalue weighted by Gasteiger charge is 2.07. The van der Waals surface area contributed by atoms with Crippen LogP contribution in [0.5, 0.6) is 0 Å². The molecule has 1 heterocycles. The van der Waals surface area contributed by atoms with E-state index in [4.69, 9.17) is 5.11 Å². The van der Waals surface area contributed by atoms with Crippen LogP contribution in [0, 0.1) is 0 Å².